The van der Waals surface area contributed by atoms with Gasteiger partial charge in [0.25, 0.3) is 5.91 Å². The molecule has 0 unspecified atom stereocenters. The Bertz CT molecular complexity index is 1150. The molecule has 1 aliphatic rings. The van der Waals surface area contributed by atoms with Crippen LogP contribution >= 0.6 is 0 Å². The van der Waals surface area contributed by atoms with Crippen molar-refractivity contribution in [2.75, 3.05) is 22.4 Å². The first-order valence-electron chi connectivity index (χ1n) is 8.60. The van der Waals surface area contributed by atoms with Gasteiger partial charge >= 0.3 is 0 Å². The normalized spacial score (nSPS) is 14.0. The summed E-state index contributed by atoms with van der Waals surface area (Å²) in [6.07, 6.45) is 4.92. The Kier molecular flexibility index (Phi) is 4.35. The van der Waals surface area contributed by atoms with Crippen molar-refractivity contribution in [3.63, 3.8) is 0 Å². The van der Waals surface area contributed by atoms with E-state index in [1.807, 2.05) is 18.2 Å². The third-order valence-electron chi connectivity index (χ3n) is 4.63. The fraction of sp³-hybridized carbons (Fsp3) is 0.150. The summed E-state index contributed by atoms with van der Waals surface area (Å²) in [6, 6.07) is 11.9. The minimum absolute atomic E-state index is 0.0360. The van der Waals surface area contributed by atoms with Crippen molar-refractivity contribution in [3.05, 3.63) is 66.1 Å². The maximum Gasteiger partial charge on any atom is 0.258 e. The Morgan fingerprint density at radius 2 is 1.93 bits per heavy atom. The van der Waals surface area contributed by atoms with Gasteiger partial charge in [-0.05, 0) is 47.9 Å². The fourth-order valence-corrected chi connectivity index (χ4v) is 3.88. The highest BCUT2D eigenvalue weighted by atomic mass is 32.2. The van der Waals surface area contributed by atoms with Crippen molar-refractivity contribution in [2.45, 2.75) is 6.42 Å². The number of nitrogens with one attached hydrogen (secondary N) is 1. The zero-order chi connectivity index (χ0) is 19.9. The minimum atomic E-state index is -3.56. The summed E-state index contributed by atoms with van der Waals surface area (Å²) in [5, 5.41) is 9.90. The van der Waals surface area contributed by atoms with Crippen LogP contribution in [0.15, 0.2) is 59.4 Å². The molecule has 0 aliphatic carbocycles. The average molecular weight is 398 g/mol. The van der Waals surface area contributed by atoms with Crippen LogP contribution in [0, 0.1) is 0 Å². The van der Waals surface area contributed by atoms with Gasteiger partial charge in [-0.15, -0.1) is 0 Å². The first kappa shape index (κ1) is 18.1. The van der Waals surface area contributed by atoms with Gasteiger partial charge < -0.3 is 14.4 Å². The molecule has 144 valence electrons. The molecule has 2 N–H and O–H groups in total. The van der Waals surface area contributed by atoms with E-state index in [1.54, 1.807) is 29.6 Å². The van der Waals surface area contributed by atoms with Crippen LogP contribution in [-0.2, 0) is 16.4 Å². The van der Waals surface area contributed by atoms with Crippen LogP contribution in [0.5, 0.6) is 5.75 Å². The van der Waals surface area contributed by atoms with Crippen molar-refractivity contribution in [3.8, 4) is 16.9 Å². The van der Waals surface area contributed by atoms with Crippen molar-refractivity contribution in [2.24, 2.45) is 0 Å². The van der Waals surface area contributed by atoms with Gasteiger partial charge in [0.2, 0.25) is 10.0 Å². The van der Waals surface area contributed by atoms with Gasteiger partial charge in [-0.1, -0.05) is 12.1 Å². The van der Waals surface area contributed by atoms with Crippen molar-refractivity contribution >= 4 is 27.3 Å². The van der Waals surface area contributed by atoms with Crippen LogP contribution in [0.25, 0.3) is 11.1 Å². The number of nitrogens with zero attached hydrogens (tertiary/aromatic N) is 1. The van der Waals surface area contributed by atoms with Crippen LogP contribution in [0.2, 0.25) is 0 Å². The zero-order valence-corrected chi connectivity index (χ0v) is 15.9. The highest BCUT2D eigenvalue weighted by Crippen LogP contribution is 2.33. The summed E-state index contributed by atoms with van der Waals surface area (Å²) in [7, 11) is -3.56. The molecule has 0 bridgehead atoms. The van der Waals surface area contributed by atoms with Gasteiger partial charge in [-0.3, -0.25) is 9.52 Å². The summed E-state index contributed by atoms with van der Waals surface area (Å²) in [5.41, 5.74) is 4.04. The minimum Gasteiger partial charge on any atom is -0.506 e. The number of furan rings is 1. The van der Waals surface area contributed by atoms with Gasteiger partial charge in [0.05, 0.1) is 24.5 Å². The van der Waals surface area contributed by atoms with E-state index in [9.17, 15) is 18.3 Å². The molecule has 0 saturated heterocycles. The molecule has 3 aromatic rings. The van der Waals surface area contributed by atoms with Gasteiger partial charge in [-0.25, -0.2) is 8.42 Å². The maximum absolute atomic E-state index is 13.0. The van der Waals surface area contributed by atoms with Gasteiger partial charge in [0, 0.05) is 23.4 Å². The second-order valence-electron chi connectivity index (χ2n) is 6.67. The van der Waals surface area contributed by atoms with Gasteiger partial charge in [-0.2, -0.15) is 0 Å². The van der Waals surface area contributed by atoms with Gasteiger partial charge in [0.15, 0.2) is 0 Å². The molecule has 2 aromatic carbocycles. The largest absolute Gasteiger partial charge is 0.506 e. The number of carbonyl (C=O) groups excluding carboxylic acids is 1. The monoisotopic (exact) mass is 398 g/mol. The second-order valence-corrected chi connectivity index (χ2v) is 8.41. The number of aromatic hydroxyl groups is 1. The van der Waals surface area contributed by atoms with Crippen molar-refractivity contribution in [1.29, 1.82) is 0 Å². The van der Waals surface area contributed by atoms with E-state index in [1.165, 1.54) is 12.1 Å². The molecule has 0 radical (unpaired) electrons. The number of phenols is 1. The predicted molar refractivity (Wildman–Crippen MR) is 106 cm³/mol. The highest BCUT2D eigenvalue weighted by molar-refractivity contribution is 7.92. The lowest BCUT2D eigenvalue weighted by Crippen LogP contribution is -2.37. The number of hydrogen-bond donors (Lipinski definition) is 2. The average Bonchev–Trinajstić information content (AvgIpc) is 3.17. The lowest BCUT2D eigenvalue weighted by atomic mass is 9.94. The van der Waals surface area contributed by atoms with E-state index in [0.29, 0.717) is 24.2 Å². The molecule has 4 rings (SSSR count). The number of fused-ring (bicyclic) bond motifs is 1. The number of rotatable bonds is 4. The number of sulfonamides is 1. The van der Waals surface area contributed by atoms with E-state index in [2.05, 4.69) is 4.72 Å². The SMILES string of the molecule is CS(=O)(=O)Nc1cc(N2CCc3cc(-c4ccoc4)ccc3C2=O)ccc1O. The smallest absolute Gasteiger partial charge is 0.258 e. The Hall–Kier alpha value is -3.26. The zero-order valence-electron chi connectivity index (χ0n) is 15.0. The first-order valence-corrected chi connectivity index (χ1v) is 10.5. The van der Waals surface area contributed by atoms with E-state index in [0.717, 1.165) is 22.9 Å². The molecule has 28 heavy (non-hydrogen) atoms. The van der Waals surface area contributed by atoms with Crippen LogP contribution < -0.4 is 9.62 Å². The number of benzene rings is 2. The number of anilines is 2. The molecular formula is C20H18N2O5S. The predicted octanol–water partition coefficient (Wildman–Crippen LogP) is 3.23. The number of amides is 1. The lowest BCUT2D eigenvalue weighted by molar-refractivity contribution is 0.0980. The fourth-order valence-electron chi connectivity index (χ4n) is 3.32. The molecule has 0 atom stereocenters. The number of hydrogen-bond acceptors (Lipinski definition) is 5. The van der Waals surface area contributed by atoms with E-state index in [4.69, 9.17) is 4.42 Å². The summed E-state index contributed by atoms with van der Waals surface area (Å²) in [5.74, 6) is -0.375. The Labute approximate surface area is 162 Å². The molecule has 0 spiro atoms. The molecule has 7 nitrogen and oxygen atoms in total. The third kappa shape index (κ3) is 3.46. The molecule has 1 aromatic heterocycles. The first-order chi connectivity index (χ1) is 13.3. The van der Waals surface area contributed by atoms with Crippen molar-refractivity contribution in [1.82, 2.24) is 0 Å². The number of phenolic OH excluding ortho intramolecular Hbond substituents is 1. The van der Waals surface area contributed by atoms with Gasteiger partial charge in [0.1, 0.15) is 5.75 Å². The van der Waals surface area contributed by atoms with Crippen LogP contribution in [0.4, 0.5) is 11.4 Å². The molecule has 1 amide bonds. The van der Waals surface area contributed by atoms with Crippen molar-refractivity contribution < 1.29 is 22.7 Å². The van der Waals surface area contributed by atoms with E-state index < -0.39 is 10.0 Å². The summed E-state index contributed by atoms with van der Waals surface area (Å²) in [4.78, 5) is 14.6. The quantitative estimate of drug-likeness (QED) is 0.658. The second kappa shape index (κ2) is 6.72. The van der Waals surface area contributed by atoms with E-state index in [-0.39, 0.29) is 17.3 Å². The molecule has 2 heterocycles. The third-order valence-corrected chi connectivity index (χ3v) is 5.22. The highest BCUT2D eigenvalue weighted by Gasteiger charge is 2.26. The molecular weight excluding hydrogens is 380 g/mol. The van der Waals surface area contributed by atoms with Crippen LogP contribution in [0.3, 0.4) is 0 Å². The maximum atomic E-state index is 13.0. The summed E-state index contributed by atoms with van der Waals surface area (Å²) >= 11 is 0. The van der Waals surface area contributed by atoms with Crippen LogP contribution in [-0.4, -0.2) is 32.2 Å². The molecule has 0 fully saturated rings. The molecule has 1 aliphatic heterocycles. The molecule has 0 saturated carbocycles. The van der Waals surface area contributed by atoms with Crippen LogP contribution in [0.1, 0.15) is 15.9 Å². The summed E-state index contributed by atoms with van der Waals surface area (Å²) in [6.45, 7) is 0.448. The standard InChI is InChI=1S/C20H18N2O5S/c1-28(25,26)21-18-11-16(3-5-19(18)23)22-8-6-14-10-13(15-7-9-27-12-15)2-4-17(14)20(22)24/h2-5,7,9-12,21,23H,6,8H2,1H3. The topological polar surface area (TPSA) is 99.9 Å². The van der Waals surface area contributed by atoms with E-state index >= 15 is 0 Å². The Morgan fingerprint density at radius 1 is 1.11 bits per heavy atom. The Morgan fingerprint density at radius 3 is 2.64 bits per heavy atom. The Balaban J connectivity index is 1.66. The summed E-state index contributed by atoms with van der Waals surface area (Å²) < 4.78 is 30.4. The molecule has 8 heteroatoms. The number of carbonyl (C=O) groups is 1. The lowest BCUT2D eigenvalue weighted by Gasteiger charge is -2.29.